The molecule has 0 N–H and O–H groups in total. The molecule has 29 heavy (non-hydrogen) atoms. The molecular formula is C21H27F3IO3S+. The van der Waals surface area contributed by atoms with E-state index in [-0.39, 0.29) is 0 Å². The molecule has 0 aliphatic heterocycles. The Labute approximate surface area is 175 Å². The van der Waals surface area contributed by atoms with Crippen LogP contribution in [0.3, 0.4) is 0 Å². The van der Waals surface area contributed by atoms with E-state index in [1.807, 2.05) is 59.7 Å². The zero-order chi connectivity index (χ0) is 22.3. The van der Waals surface area contributed by atoms with Gasteiger partial charge in [0.05, 0.1) is 0 Å². The number of hydrogen-bond acceptors (Lipinski definition) is 3. The van der Waals surface area contributed by atoms with Crippen LogP contribution in [0.1, 0.15) is 47.1 Å². The fraction of sp³-hybridized carbons (Fsp3) is 0.429. The molecule has 0 saturated carbocycles. The minimum atomic E-state index is -4.81. The van der Waals surface area contributed by atoms with Gasteiger partial charge >= 0.3 is 176 Å². The van der Waals surface area contributed by atoms with Gasteiger partial charge in [-0.1, -0.05) is 0 Å². The molecule has 0 heterocycles. The first-order valence-corrected chi connectivity index (χ1v) is 14.5. The number of halogens is 4. The van der Waals surface area contributed by atoms with Crippen molar-refractivity contribution in [2.24, 2.45) is 0 Å². The van der Waals surface area contributed by atoms with Crippen molar-refractivity contribution in [1.82, 2.24) is 0 Å². The van der Waals surface area contributed by atoms with Crippen LogP contribution in [0.4, 0.5) is 13.2 Å². The molecule has 0 radical (unpaired) electrons. The van der Waals surface area contributed by atoms with Crippen molar-refractivity contribution in [2.75, 3.05) is 0 Å². The van der Waals surface area contributed by atoms with E-state index in [9.17, 15) is 21.6 Å². The van der Waals surface area contributed by atoms with Crippen LogP contribution in [0.5, 0.6) is 0 Å². The van der Waals surface area contributed by atoms with Gasteiger partial charge in [0.2, 0.25) is 0 Å². The summed E-state index contributed by atoms with van der Waals surface area (Å²) in [4.78, 5) is -0.843. The standard InChI is InChI=1S/C21H27F3IO3S/c1-19(2,3)25(20(4,5)6,16-12-8-7-9-13-16)28-29(26,27)18-15-11-10-14-17(18)21(22,23)24/h7-15H,1-6H3/q+1. The first kappa shape index (κ1) is 24.1. The van der Waals surface area contributed by atoms with Gasteiger partial charge in [-0.25, -0.2) is 0 Å². The summed E-state index contributed by atoms with van der Waals surface area (Å²) in [5, 5.41) is 0. The van der Waals surface area contributed by atoms with Crippen LogP contribution in [0, 0.1) is 3.57 Å². The molecule has 0 amide bonds. The number of rotatable bonds is 4. The van der Waals surface area contributed by atoms with Crippen molar-refractivity contribution in [1.29, 1.82) is 0 Å². The van der Waals surface area contributed by atoms with Crippen molar-refractivity contribution in [2.45, 2.75) is 59.5 Å². The van der Waals surface area contributed by atoms with E-state index in [1.54, 1.807) is 12.1 Å². The summed E-state index contributed by atoms with van der Waals surface area (Å²) in [6.07, 6.45) is -4.81. The molecule has 0 unspecified atom stereocenters. The molecule has 0 aromatic heterocycles. The van der Waals surface area contributed by atoms with Gasteiger partial charge in [-0.15, -0.1) is 0 Å². The molecule has 0 atom stereocenters. The van der Waals surface area contributed by atoms with E-state index in [4.69, 9.17) is 2.51 Å². The summed E-state index contributed by atoms with van der Waals surface area (Å²) in [6, 6.07) is 13.2. The summed E-state index contributed by atoms with van der Waals surface area (Å²) in [6.45, 7) is 11.4. The first-order chi connectivity index (χ1) is 13.0. The Bertz CT molecular complexity index is 943. The molecule has 0 aliphatic carbocycles. The number of hydrogen-bond donors (Lipinski definition) is 0. The van der Waals surface area contributed by atoms with E-state index in [1.165, 1.54) is 12.1 Å². The van der Waals surface area contributed by atoms with Gasteiger partial charge in [0.1, 0.15) is 0 Å². The molecule has 8 heteroatoms. The van der Waals surface area contributed by atoms with Gasteiger partial charge in [0.15, 0.2) is 0 Å². The van der Waals surface area contributed by atoms with Gasteiger partial charge in [-0.3, -0.25) is 0 Å². The molecule has 0 fully saturated rings. The Morgan fingerprint density at radius 2 is 1.21 bits per heavy atom. The topological polar surface area (TPSA) is 43.4 Å². The van der Waals surface area contributed by atoms with E-state index >= 15 is 0 Å². The van der Waals surface area contributed by atoms with Crippen molar-refractivity contribution in [3.8, 4) is 0 Å². The van der Waals surface area contributed by atoms with Gasteiger partial charge in [-0.2, -0.15) is 0 Å². The Hall–Kier alpha value is -1.13. The third kappa shape index (κ3) is 4.64. The fourth-order valence-electron chi connectivity index (χ4n) is 3.40. The van der Waals surface area contributed by atoms with Gasteiger partial charge in [-0.05, 0) is 0 Å². The molecule has 3 nitrogen and oxygen atoms in total. The Morgan fingerprint density at radius 3 is 1.66 bits per heavy atom. The SMILES string of the molecule is CC(C)(C)[I+](OS(=O)(=O)c1ccccc1C(F)(F)F)(c1ccccc1)C(C)(C)C. The second-order valence-corrected chi connectivity index (χ2v) is 21.7. The van der Waals surface area contributed by atoms with Crippen LogP contribution in [0.15, 0.2) is 59.5 Å². The van der Waals surface area contributed by atoms with Crippen LogP contribution >= 0.6 is 0 Å². The molecule has 2 aromatic carbocycles. The molecule has 0 spiro atoms. The second kappa shape index (κ2) is 7.85. The van der Waals surface area contributed by atoms with Crippen LogP contribution in [0.25, 0.3) is 0 Å². The van der Waals surface area contributed by atoms with E-state index < -0.39 is 52.4 Å². The number of alkyl halides is 5. The first-order valence-electron chi connectivity index (χ1n) is 8.98. The third-order valence-corrected chi connectivity index (χ3v) is 20.2. The van der Waals surface area contributed by atoms with Crippen molar-refractivity contribution >= 4 is 10.1 Å². The normalized spacial score (nSPS) is 14.7. The predicted octanol–water partition coefficient (Wildman–Crippen LogP) is 2.95. The summed E-state index contributed by atoms with van der Waals surface area (Å²) < 4.78 is 72.7. The third-order valence-electron chi connectivity index (χ3n) is 4.28. The van der Waals surface area contributed by atoms with Crippen LogP contribution < -0.4 is 18.8 Å². The predicted molar refractivity (Wildman–Crippen MR) is 104 cm³/mol. The molecule has 0 saturated heterocycles. The zero-order valence-electron chi connectivity index (χ0n) is 17.3. The zero-order valence-corrected chi connectivity index (χ0v) is 20.3. The molecule has 0 bridgehead atoms. The fourth-order valence-corrected chi connectivity index (χ4v) is 21.5. The van der Waals surface area contributed by atoms with Gasteiger partial charge in [0, 0.05) is 0 Å². The van der Waals surface area contributed by atoms with E-state index in [2.05, 4.69) is 0 Å². The molecule has 0 aliphatic rings. The minimum absolute atomic E-state index is 0.591. The number of benzene rings is 2. The average Bonchev–Trinajstić information content (AvgIpc) is 2.57. The van der Waals surface area contributed by atoms with E-state index in [0.717, 1.165) is 15.7 Å². The van der Waals surface area contributed by atoms with Gasteiger partial charge < -0.3 is 0 Å². The van der Waals surface area contributed by atoms with Gasteiger partial charge in [0.25, 0.3) is 0 Å². The maximum absolute atomic E-state index is 13.5. The van der Waals surface area contributed by atoms with Crippen molar-refractivity contribution in [3.63, 3.8) is 0 Å². The van der Waals surface area contributed by atoms with Crippen LogP contribution in [-0.2, 0) is 18.8 Å². The quantitative estimate of drug-likeness (QED) is 0.440. The van der Waals surface area contributed by atoms with Crippen LogP contribution in [0.2, 0.25) is 0 Å². The average molecular weight is 543 g/mol. The molecular weight excluding hydrogens is 516 g/mol. The monoisotopic (exact) mass is 543 g/mol. The summed E-state index contributed by atoms with van der Waals surface area (Å²) in [7, 11) is -4.69. The summed E-state index contributed by atoms with van der Waals surface area (Å²) in [5.41, 5.74) is -1.22. The Morgan fingerprint density at radius 1 is 0.759 bits per heavy atom. The van der Waals surface area contributed by atoms with Crippen LogP contribution in [-0.4, -0.2) is 15.3 Å². The van der Waals surface area contributed by atoms with Crippen molar-refractivity contribution < 1.29 is 43.0 Å². The van der Waals surface area contributed by atoms with E-state index in [0.29, 0.717) is 0 Å². The molecule has 162 valence electrons. The summed E-state index contributed by atoms with van der Waals surface area (Å²) >= 11 is -4.02. The van der Waals surface area contributed by atoms with Crippen molar-refractivity contribution in [3.05, 3.63) is 63.7 Å². The second-order valence-electron chi connectivity index (χ2n) is 8.46. The maximum atomic E-state index is 13.5. The Kier molecular flexibility index (Phi) is 6.53. The summed E-state index contributed by atoms with van der Waals surface area (Å²) in [5.74, 6) is 0. The molecule has 2 aromatic rings. The Balaban J connectivity index is 2.80. The molecule has 2 rings (SSSR count).